The Morgan fingerprint density at radius 3 is 2.60 bits per heavy atom. The van der Waals surface area contributed by atoms with Crippen LogP contribution in [-0.2, 0) is 0 Å². The molecule has 1 aliphatic carbocycles. The number of halogens is 4. The zero-order valence-corrected chi connectivity index (χ0v) is 22.7. The first-order valence-corrected chi connectivity index (χ1v) is 12.7. The Bertz CT molecular complexity index is 1200. The van der Waals surface area contributed by atoms with E-state index in [0.717, 1.165) is 18.4 Å². The molecule has 5 rings (SSSR count). The molecule has 2 fully saturated rings. The number of hydrogen-bond acceptors (Lipinski definition) is 6. The molecule has 188 valence electrons. The molecule has 1 saturated carbocycles. The summed E-state index contributed by atoms with van der Waals surface area (Å²) in [7, 11) is 1.61. The lowest BCUT2D eigenvalue weighted by Gasteiger charge is -2.18. The second-order valence-electron chi connectivity index (χ2n) is 9.11. The Kier molecular flexibility index (Phi) is 8.26. The predicted molar refractivity (Wildman–Crippen MR) is 143 cm³/mol. The molecular formula is C25H28BrCl2FN4O2. The van der Waals surface area contributed by atoms with Crippen LogP contribution in [0.2, 0.25) is 5.02 Å². The van der Waals surface area contributed by atoms with E-state index in [2.05, 4.69) is 43.0 Å². The van der Waals surface area contributed by atoms with E-state index in [4.69, 9.17) is 21.1 Å². The second kappa shape index (κ2) is 11.0. The fourth-order valence-corrected chi connectivity index (χ4v) is 5.78. The quantitative estimate of drug-likeness (QED) is 0.311. The molecule has 1 N–H and O–H groups in total. The van der Waals surface area contributed by atoms with E-state index in [1.807, 2.05) is 12.1 Å². The van der Waals surface area contributed by atoms with Crippen molar-refractivity contribution in [3.8, 4) is 11.5 Å². The Morgan fingerprint density at radius 1 is 1.17 bits per heavy atom. The van der Waals surface area contributed by atoms with Crippen LogP contribution >= 0.6 is 39.9 Å². The van der Waals surface area contributed by atoms with E-state index in [1.54, 1.807) is 19.2 Å². The summed E-state index contributed by atoms with van der Waals surface area (Å²) in [6.45, 7) is 6.48. The van der Waals surface area contributed by atoms with Crippen molar-refractivity contribution < 1.29 is 13.9 Å². The molecule has 3 aromatic rings. The topological polar surface area (TPSA) is 59.5 Å². The number of aromatic nitrogens is 2. The maximum atomic E-state index is 14.6. The standard InChI is InChI=1S/C25H27BrClFN4O2.ClH/c1-3-32-10-15-6-14(7-16(15)11-32)12-34-22-9-20-17(8-21(22)33-2)25(30-13-29-20)31-19-5-4-18(26)23(27)24(19)28;/h4-5,8-9,13-16H,3,6-7,10-12H2,1-2H3,(H,29,30,31);1H/t14-,15-,16+;. The van der Waals surface area contributed by atoms with Gasteiger partial charge in [0.2, 0.25) is 0 Å². The van der Waals surface area contributed by atoms with Gasteiger partial charge in [-0.25, -0.2) is 14.4 Å². The Hall–Kier alpha value is -1.87. The first-order chi connectivity index (χ1) is 16.5. The van der Waals surface area contributed by atoms with Crippen molar-refractivity contribution >= 4 is 62.3 Å². The number of nitrogens with one attached hydrogen (secondary N) is 1. The summed E-state index contributed by atoms with van der Waals surface area (Å²) in [6.07, 6.45) is 3.88. The van der Waals surface area contributed by atoms with Gasteiger partial charge in [-0.05, 0) is 71.3 Å². The van der Waals surface area contributed by atoms with E-state index >= 15 is 0 Å². The lowest BCUT2D eigenvalue weighted by molar-refractivity contribution is 0.223. The summed E-state index contributed by atoms with van der Waals surface area (Å²) < 4.78 is 27.0. The van der Waals surface area contributed by atoms with Gasteiger partial charge in [0.1, 0.15) is 12.1 Å². The zero-order valence-electron chi connectivity index (χ0n) is 19.6. The third-order valence-electron chi connectivity index (χ3n) is 7.05. The largest absolute Gasteiger partial charge is 0.493 e. The molecular weight excluding hydrogens is 558 g/mol. The lowest BCUT2D eigenvalue weighted by Crippen LogP contribution is -2.22. The smallest absolute Gasteiger partial charge is 0.166 e. The molecule has 2 aromatic carbocycles. The number of ether oxygens (including phenoxy) is 2. The van der Waals surface area contributed by atoms with Crippen molar-refractivity contribution in [3.05, 3.63) is 45.9 Å². The van der Waals surface area contributed by atoms with Gasteiger partial charge in [0, 0.05) is 29.0 Å². The van der Waals surface area contributed by atoms with Crippen molar-refractivity contribution in [3.63, 3.8) is 0 Å². The predicted octanol–water partition coefficient (Wildman–Crippen LogP) is 6.72. The lowest BCUT2D eigenvalue weighted by atomic mass is 10.0. The normalized spacial score (nSPS) is 21.6. The van der Waals surface area contributed by atoms with Gasteiger partial charge in [-0.15, -0.1) is 12.4 Å². The van der Waals surface area contributed by atoms with Gasteiger partial charge in [-0.3, -0.25) is 0 Å². The molecule has 35 heavy (non-hydrogen) atoms. The third-order valence-corrected chi connectivity index (χ3v) is 8.31. The van der Waals surface area contributed by atoms with Gasteiger partial charge in [-0.2, -0.15) is 0 Å². The molecule has 1 saturated heterocycles. The average Bonchev–Trinajstić information content (AvgIpc) is 3.41. The molecule has 1 aliphatic heterocycles. The van der Waals surface area contributed by atoms with E-state index in [0.29, 0.717) is 45.2 Å². The van der Waals surface area contributed by atoms with Gasteiger partial charge in [0.15, 0.2) is 17.3 Å². The first-order valence-electron chi connectivity index (χ1n) is 11.5. The van der Waals surface area contributed by atoms with E-state index in [1.165, 1.54) is 32.3 Å². The minimum Gasteiger partial charge on any atom is -0.493 e. The minimum absolute atomic E-state index is 0. The highest BCUT2D eigenvalue weighted by Crippen LogP contribution is 2.42. The summed E-state index contributed by atoms with van der Waals surface area (Å²) in [4.78, 5) is 11.3. The first kappa shape index (κ1) is 26.2. The van der Waals surface area contributed by atoms with E-state index < -0.39 is 5.82 Å². The number of rotatable bonds is 7. The highest BCUT2D eigenvalue weighted by Gasteiger charge is 2.40. The number of benzene rings is 2. The molecule has 2 aliphatic rings. The maximum absolute atomic E-state index is 14.6. The average molecular weight is 586 g/mol. The van der Waals surface area contributed by atoms with Crippen LogP contribution in [0.5, 0.6) is 11.5 Å². The van der Waals surface area contributed by atoms with Crippen LogP contribution in [0, 0.1) is 23.6 Å². The van der Waals surface area contributed by atoms with E-state index in [9.17, 15) is 4.39 Å². The number of anilines is 2. The van der Waals surface area contributed by atoms with Crippen molar-refractivity contribution in [1.82, 2.24) is 14.9 Å². The Labute approximate surface area is 224 Å². The number of methoxy groups -OCH3 is 1. The SMILES string of the molecule is CCN1C[C@H]2C[C@@H](COc3cc4ncnc(Nc5ccc(Br)c(Cl)c5F)c4cc3OC)C[C@H]2C1.Cl. The van der Waals surface area contributed by atoms with Crippen LogP contribution in [0.4, 0.5) is 15.9 Å². The van der Waals surface area contributed by atoms with Gasteiger partial charge >= 0.3 is 0 Å². The van der Waals surface area contributed by atoms with Gasteiger partial charge in [0.25, 0.3) is 0 Å². The van der Waals surface area contributed by atoms with Crippen LogP contribution in [0.1, 0.15) is 19.8 Å². The zero-order chi connectivity index (χ0) is 23.8. The van der Waals surface area contributed by atoms with Gasteiger partial charge in [0.05, 0.1) is 29.9 Å². The van der Waals surface area contributed by atoms with Crippen molar-refractivity contribution in [2.45, 2.75) is 19.8 Å². The summed E-state index contributed by atoms with van der Waals surface area (Å²) in [6, 6.07) is 6.97. The fraction of sp³-hybridized carbons (Fsp3) is 0.440. The molecule has 1 aromatic heterocycles. The molecule has 10 heteroatoms. The summed E-state index contributed by atoms with van der Waals surface area (Å²) in [5.74, 6) is 3.29. The minimum atomic E-state index is -0.557. The molecule has 2 heterocycles. The molecule has 3 atom stereocenters. The number of fused-ring (bicyclic) bond motifs is 2. The van der Waals surface area contributed by atoms with E-state index in [-0.39, 0.29) is 23.1 Å². The molecule has 0 spiro atoms. The summed E-state index contributed by atoms with van der Waals surface area (Å²) in [5, 5.41) is 3.73. The molecule has 6 nitrogen and oxygen atoms in total. The summed E-state index contributed by atoms with van der Waals surface area (Å²) in [5.41, 5.74) is 0.903. The van der Waals surface area contributed by atoms with Crippen molar-refractivity contribution in [2.24, 2.45) is 17.8 Å². The van der Waals surface area contributed by atoms with Crippen LogP contribution in [-0.4, -0.2) is 48.2 Å². The third kappa shape index (κ3) is 5.31. The second-order valence-corrected chi connectivity index (χ2v) is 10.3. The molecule has 0 unspecified atom stereocenters. The molecule has 0 radical (unpaired) electrons. The Balaban J connectivity index is 0.00000289. The molecule has 0 bridgehead atoms. The fourth-order valence-electron chi connectivity index (χ4n) is 5.31. The Morgan fingerprint density at radius 2 is 1.91 bits per heavy atom. The number of hydrogen-bond donors (Lipinski definition) is 1. The van der Waals surface area contributed by atoms with Crippen LogP contribution in [0.15, 0.2) is 35.1 Å². The van der Waals surface area contributed by atoms with Gasteiger partial charge < -0.3 is 19.7 Å². The maximum Gasteiger partial charge on any atom is 0.166 e. The highest BCUT2D eigenvalue weighted by molar-refractivity contribution is 9.10. The van der Waals surface area contributed by atoms with Crippen molar-refractivity contribution in [2.75, 3.05) is 38.7 Å². The van der Waals surface area contributed by atoms with Crippen LogP contribution in [0.3, 0.4) is 0 Å². The monoisotopic (exact) mass is 584 g/mol. The highest BCUT2D eigenvalue weighted by atomic mass is 79.9. The summed E-state index contributed by atoms with van der Waals surface area (Å²) >= 11 is 9.27. The van der Waals surface area contributed by atoms with Crippen LogP contribution < -0.4 is 14.8 Å². The molecule has 0 amide bonds. The van der Waals surface area contributed by atoms with Crippen LogP contribution in [0.25, 0.3) is 10.9 Å². The van der Waals surface area contributed by atoms with Crippen molar-refractivity contribution in [1.29, 1.82) is 0 Å². The number of nitrogens with zero attached hydrogens (tertiary/aromatic N) is 3. The van der Waals surface area contributed by atoms with Gasteiger partial charge in [-0.1, -0.05) is 18.5 Å². The number of likely N-dealkylation sites (tertiary alicyclic amines) is 1.